The Bertz CT molecular complexity index is 668. The molecule has 2 aliphatic rings. The van der Waals surface area contributed by atoms with Crippen LogP contribution in [0.3, 0.4) is 0 Å². The lowest BCUT2D eigenvalue weighted by Crippen LogP contribution is -2.33. The molecule has 1 aromatic rings. The molecule has 9 heteroatoms. The van der Waals surface area contributed by atoms with Gasteiger partial charge < -0.3 is 4.74 Å². The van der Waals surface area contributed by atoms with E-state index in [-0.39, 0.29) is 18.1 Å². The fourth-order valence-electron chi connectivity index (χ4n) is 3.01. The van der Waals surface area contributed by atoms with Gasteiger partial charge >= 0.3 is 5.97 Å². The SMILES string of the molecule is CCOC(=O)c1n[nH]nc1C1CCCN1S(=O)(=O)CCC1CC1. The molecule has 0 bridgehead atoms. The van der Waals surface area contributed by atoms with Gasteiger partial charge in [0.1, 0.15) is 5.69 Å². The Kier molecular flexibility index (Phi) is 4.67. The molecule has 3 rings (SSSR count). The summed E-state index contributed by atoms with van der Waals surface area (Å²) in [6.45, 7) is 2.41. The molecule has 1 aliphatic carbocycles. The van der Waals surface area contributed by atoms with E-state index < -0.39 is 22.0 Å². The minimum absolute atomic E-state index is 0.0844. The van der Waals surface area contributed by atoms with Crippen molar-refractivity contribution in [2.75, 3.05) is 18.9 Å². The highest BCUT2D eigenvalue weighted by molar-refractivity contribution is 7.89. The second-order valence-corrected chi connectivity index (χ2v) is 8.14. The number of H-pyrrole nitrogens is 1. The van der Waals surface area contributed by atoms with Gasteiger partial charge in [-0.25, -0.2) is 13.2 Å². The van der Waals surface area contributed by atoms with Gasteiger partial charge in [0.2, 0.25) is 10.0 Å². The Morgan fingerprint density at radius 3 is 2.83 bits per heavy atom. The van der Waals surface area contributed by atoms with Crippen molar-refractivity contribution >= 4 is 16.0 Å². The van der Waals surface area contributed by atoms with E-state index in [9.17, 15) is 13.2 Å². The van der Waals surface area contributed by atoms with Crippen molar-refractivity contribution in [2.24, 2.45) is 5.92 Å². The van der Waals surface area contributed by atoms with Crippen LogP contribution in [0.4, 0.5) is 0 Å². The highest BCUT2D eigenvalue weighted by Crippen LogP contribution is 2.37. The third-order valence-electron chi connectivity index (χ3n) is 4.40. The fraction of sp³-hybridized carbons (Fsp3) is 0.786. The maximum atomic E-state index is 12.6. The molecule has 2 heterocycles. The van der Waals surface area contributed by atoms with Crippen LogP contribution in [0, 0.1) is 5.92 Å². The topological polar surface area (TPSA) is 105 Å². The fourth-order valence-corrected chi connectivity index (χ4v) is 4.87. The maximum absolute atomic E-state index is 12.6. The van der Waals surface area contributed by atoms with Crippen molar-refractivity contribution in [1.82, 2.24) is 19.7 Å². The molecule has 1 unspecified atom stereocenters. The molecule has 8 nitrogen and oxygen atoms in total. The van der Waals surface area contributed by atoms with E-state index in [4.69, 9.17) is 4.74 Å². The molecule has 1 saturated carbocycles. The summed E-state index contributed by atoms with van der Waals surface area (Å²) in [4.78, 5) is 12.0. The maximum Gasteiger partial charge on any atom is 0.360 e. The predicted octanol–water partition coefficient (Wildman–Crippen LogP) is 1.25. The number of ether oxygens (including phenoxy) is 1. The van der Waals surface area contributed by atoms with E-state index >= 15 is 0 Å². The van der Waals surface area contributed by atoms with Gasteiger partial charge in [-0.05, 0) is 32.1 Å². The van der Waals surface area contributed by atoms with E-state index in [0.29, 0.717) is 24.6 Å². The summed E-state index contributed by atoms with van der Waals surface area (Å²) < 4.78 is 31.7. The molecule has 128 valence electrons. The van der Waals surface area contributed by atoms with Crippen LogP contribution < -0.4 is 0 Å². The van der Waals surface area contributed by atoms with Crippen LogP contribution in [-0.4, -0.2) is 53.0 Å². The lowest BCUT2D eigenvalue weighted by Gasteiger charge is -2.23. The Labute approximate surface area is 135 Å². The first-order chi connectivity index (χ1) is 11.0. The Hall–Kier alpha value is -1.48. The lowest BCUT2D eigenvalue weighted by molar-refractivity contribution is 0.0516. The second kappa shape index (κ2) is 6.56. The summed E-state index contributed by atoms with van der Waals surface area (Å²) in [6.07, 6.45) is 4.38. The van der Waals surface area contributed by atoms with Crippen molar-refractivity contribution in [1.29, 1.82) is 0 Å². The number of hydrogen-bond acceptors (Lipinski definition) is 6. The Balaban J connectivity index is 1.78. The normalized spacial score (nSPS) is 22.4. The van der Waals surface area contributed by atoms with Crippen LogP contribution in [-0.2, 0) is 14.8 Å². The zero-order chi connectivity index (χ0) is 16.4. The highest BCUT2D eigenvalue weighted by atomic mass is 32.2. The number of carbonyl (C=O) groups is 1. The monoisotopic (exact) mass is 342 g/mol. The van der Waals surface area contributed by atoms with E-state index in [1.807, 2.05) is 0 Å². The first-order valence-corrected chi connectivity index (χ1v) is 9.71. The lowest BCUT2D eigenvalue weighted by atomic mass is 10.1. The zero-order valence-corrected chi connectivity index (χ0v) is 14.0. The molecule has 1 saturated heterocycles. The number of aromatic nitrogens is 3. The standard InChI is InChI=1S/C14H22N4O4S/c1-2-22-14(19)13-12(15-17-16-13)11-4-3-8-18(11)23(20,21)9-7-10-5-6-10/h10-11H,2-9H2,1H3,(H,15,16,17). The Morgan fingerprint density at radius 2 is 2.13 bits per heavy atom. The smallest absolute Gasteiger partial charge is 0.360 e. The molecule has 0 amide bonds. The third kappa shape index (κ3) is 3.55. The summed E-state index contributed by atoms with van der Waals surface area (Å²) in [5, 5.41) is 10.3. The molecule has 1 aliphatic heterocycles. The molecule has 23 heavy (non-hydrogen) atoms. The third-order valence-corrected chi connectivity index (χ3v) is 6.30. The van der Waals surface area contributed by atoms with Crippen molar-refractivity contribution in [3.63, 3.8) is 0 Å². The van der Waals surface area contributed by atoms with Crippen LogP contribution in [0.1, 0.15) is 61.3 Å². The first-order valence-electron chi connectivity index (χ1n) is 8.10. The highest BCUT2D eigenvalue weighted by Gasteiger charge is 2.39. The molecule has 1 atom stereocenters. The predicted molar refractivity (Wildman–Crippen MR) is 82.1 cm³/mol. The quantitative estimate of drug-likeness (QED) is 0.748. The number of carbonyl (C=O) groups excluding carboxylic acids is 1. The number of hydrogen-bond donors (Lipinski definition) is 1. The van der Waals surface area contributed by atoms with Crippen molar-refractivity contribution in [3.8, 4) is 0 Å². The second-order valence-electron chi connectivity index (χ2n) is 6.09. The summed E-state index contributed by atoms with van der Waals surface area (Å²) in [6, 6.07) is -0.433. The molecule has 0 spiro atoms. The van der Waals surface area contributed by atoms with Gasteiger partial charge in [0.25, 0.3) is 0 Å². The minimum atomic E-state index is -3.35. The summed E-state index contributed by atoms with van der Waals surface area (Å²) in [5.41, 5.74) is 0.456. The van der Waals surface area contributed by atoms with Crippen LogP contribution >= 0.6 is 0 Å². The molecule has 0 radical (unpaired) electrons. The van der Waals surface area contributed by atoms with Gasteiger partial charge in [-0.3, -0.25) is 0 Å². The van der Waals surface area contributed by atoms with Gasteiger partial charge in [0.05, 0.1) is 18.4 Å². The Morgan fingerprint density at radius 1 is 1.35 bits per heavy atom. The minimum Gasteiger partial charge on any atom is -0.461 e. The van der Waals surface area contributed by atoms with Crippen LogP contribution in [0.15, 0.2) is 0 Å². The van der Waals surface area contributed by atoms with Gasteiger partial charge in [-0.2, -0.15) is 14.6 Å². The number of nitrogens with zero attached hydrogens (tertiary/aromatic N) is 3. The van der Waals surface area contributed by atoms with E-state index in [1.54, 1.807) is 6.92 Å². The molecule has 1 N–H and O–H groups in total. The molecule has 0 aromatic carbocycles. The van der Waals surface area contributed by atoms with Crippen LogP contribution in [0.5, 0.6) is 0 Å². The summed E-state index contributed by atoms with van der Waals surface area (Å²) >= 11 is 0. The van der Waals surface area contributed by atoms with Gasteiger partial charge in [0, 0.05) is 6.54 Å². The zero-order valence-electron chi connectivity index (χ0n) is 13.2. The number of sulfonamides is 1. The average molecular weight is 342 g/mol. The number of rotatable bonds is 7. The van der Waals surface area contributed by atoms with Gasteiger partial charge in [-0.1, -0.05) is 12.8 Å². The van der Waals surface area contributed by atoms with E-state index in [1.165, 1.54) is 4.31 Å². The van der Waals surface area contributed by atoms with Crippen LogP contribution in [0.25, 0.3) is 0 Å². The first kappa shape index (κ1) is 16.4. The van der Waals surface area contributed by atoms with E-state index in [2.05, 4.69) is 15.4 Å². The van der Waals surface area contributed by atoms with Crippen molar-refractivity contribution in [2.45, 2.75) is 45.1 Å². The molecule has 2 fully saturated rings. The van der Waals surface area contributed by atoms with Gasteiger partial charge in [0.15, 0.2) is 5.69 Å². The molecular formula is C14H22N4O4S. The summed E-state index contributed by atoms with van der Waals surface area (Å²) in [5.74, 6) is 0.160. The molecular weight excluding hydrogens is 320 g/mol. The number of aromatic amines is 1. The average Bonchev–Trinajstić information content (AvgIpc) is 3.01. The van der Waals surface area contributed by atoms with E-state index in [0.717, 1.165) is 25.7 Å². The molecule has 1 aromatic heterocycles. The van der Waals surface area contributed by atoms with Crippen molar-refractivity contribution < 1.29 is 17.9 Å². The van der Waals surface area contributed by atoms with Gasteiger partial charge in [-0.15, -0.1) is 5.10 Å². The van der Waals surface area contributed by atoms with Crippen LogP contribution in [0.2, 0.25) is 0 Å². The number of nitrogens with one attached hydrogen (secondary N) is 1. The number of esters is 1. The van der Waals surface area contributed by atoms with Crippen molar-refractivity contribution in [3.05, 3.63) is 11.4 Å². The largest absolute Gasteiger partial charge is 0.461 e. The summed E-state index contributed by atoms with van der Waals surface area (Å²) in [7, 11) is -3.35.